The summed E-state index contributed by atoms with van der Waals surface area (Å²) in [5, 5.41) is 3.20. The average Bonchev–Trinajstić information content (AvgIpc) is 3.20. The zero-order chi connectivity index (χ0) is 12.8. The van der Waals surface area contributed by atoms with Gasteiger partial charge in [-0.05, 0) is 38.6 Å². The SMILES string of the molecule is NCCCN(CC(=O)NC1CCCCC1)C1CC1. The van der Waals surface area contributed by atoms with E-state index in [4.69, 9.17) is 5.73 Å². The Hall–Kier alpha value is -0.610. The third kappa shape index (κ3) is 4.58. The first-order valence-corrected chi connectivity index (χ1v) is 7.53. The van der Waals surface area contributed by atoms with Crippen molar-refractivity contribution >= 4 is 5.91 Å². The van der Waals surface area contributed by atoms with Crippen LogP contribution in [0.3, 0.4) is 0 Å². The number of hydrogen-bond donors (Lipinski definition) is 2. The predicted octanol–water partition coefficient (Wildman–Crippen LogP) is 1.25. The van der Waals surface area contributed by atoms with Crippen LogP contribution in [0.1, 0.15) is 51.4 Å². The Kier molecular flexibility index (Phi) is 5.45. The number of nitrogens with zero attached hydrogens (tertiary/aromatic N) is 1. The first-order chi connectivity index (χ1) is 8.79. The summed E-state index contributed by atoms with van der Waals surface area (Å²) in [6.07, 6.45) is 9.69. The summed E-state index contributed by atoms with van der Waals surface area (Å²) in [7, 11) is 0. The van der Waals surface area contributed by atoms with Crippen LogP contribution in [0.15, 0.2) is 0 Å². The lowest BCUT2D eigenvalue weighted by atomic mass is 9.95. The fourth-order valence-electron chi connectivity index (χ4n) is 2.83. The summed E-state index contributed by atoms with van der Waals surface area (Å²) in [6.45, 7) is 2.26. The number of nitrogens with two attached hydrogens (primary N) is 1. The molecule has 0 spiro atoms. The van der Waals surface area contributed by atoms with Gasteiger partial charge in [0.05, 0.1) is 6.54 Å². The van der Waals surface area contributed by atoms with Crippen molar-refractivity contribution in [1.82, 2.24) is 10.2 Å². The number of hydrogen-bond acceptors (Lipinski definition) is 3. The van der Waals surface area contributed by atoms with Gasteiger partial charge in [0.2, 0.25) is 5.91 Å². The zero-order valence-corrected chi connectivity index (χ0v) is 11.4. The molecule has 4 heteroatoms. The minimum absolute atomic E-state index is 0.214. The second-order valence-electron chi connectivity index (χ2n) is 5.75. The molecule has 0 unspecified atom stereocenters. The van der Waals surface area contributed by atoms with Crippen molar-refractivity contribution in [3.8, 4) is 0 Å². The van der Waals surface area contributed by atoms with E-state index in [0.717, 1.165) is 25.8 Å². The quantitative estimate of drug-likeness (QED) is 0.718. The van der Waals surface area contributed by atoms with Crippen LogP contribution in [0.4, 0.5) is 0 Å². The monoisotopic (exact) mass is 253 g/mol. The molecular weight excluding hydrogens is 226 g/mol. The van der Waals surface area contributed by atoms with E-state index in [1.54, 1.807) is 0 Å². The Morgan fingerprint density at radius 2 is 1.89 bits per heavy atom. The van der Waals surface area contributed by atoms with E-state index in [1.165, 1.54) is 32.1 Å². The fourth-order valence-corrected chi connectivity index (χ4v) is 2.83. The van der Waals surface area contributed by atoms with Crippen LogP contribution in [0, 0.1) is 0 Å². The fraction of sp³-hybridized carbons (Fsp3) is 0.929. The largest absolute Gasteiger partial charge is 0.352 e. The number of carbonyl (C=O) groups excluding carboxylic acids is 1. The Labute approximate surface area is 110 Å². The van der Waals surface area contributed by atoms with Gasteiger partial charge in [-0.15, -0.1) is 0 Å². The van der Waals surface area contributed by atoms with Crippen LogP contribution >= 0.6 is 0 Å². The van der Waals surface area contributed by atoms with Gasteiger partial charge in [-0.1, -0.05) is 19.3 Å². The van der Waals surface area contributed by atoms with Crippen molar-refractivity contribution in [1.29, 1.82) is 0 Å². The summed E-state index contributed by atoms with van der Waals surface area (Å²) >= 11 is 0. The van der Waals surface area contributed by atoms with E-state index in [-0.39, 0.29) is 5.91 Å². The number of nitrogens with one attached hydrogen (secondary N) is 1. The molecule has 0 atom stereocenters. The molecule has 104 valence electrons. The molecule has 18 heavy (non-hydrogen) atoms. The van der Waals surface area contributed by atoms with Crippen molar-refractivity contribution in [2.45, 2.75) is 63.5 Å². The molecule has 2 rings (SSSR count). The van der Waals surface area contributed by atoms with E-state index < -0.39 is 0 Å². The molecule has 1 amide bonds. The van der Waals surface area contributed by atoms with Gasteiger partial charge in [-0.25, -0.2) is 0 Å². The van der Waals surface area contributed by atoms with Gasteiger partial charge in [0.1, 0.15) is 0 Å². The molecule has 0 aromatic heterocycles. The van der Waals surface area contributed by atoms with Gasteiger partial charge in [-0.3, -0.25) is 9.69 Å². The summed E-state index contributed by atoms with van der Waals surface area (Å²) in [5.74, 6) is 0.214. The van der Waals surface area contributed by atoms with Crippen LogP contribution in [-0.4, -0.2) is 42.5 Å². The topological polar surface area (TPSA) is 58.4 Å². The molecule has 2 saturated carbocycles. The van der Waals surface area contributed by atoms with E-state index in [9.17, 15) is 4.79 Å². The van der Waals surface area contributed by atoms with Gasteiger partial charge in [0, 0.05) is 18.6 Å². The number of rotatable bonds is 7. The van der Waals surface area contributed by atoms with Crippen molar-refractivity contribution < 1.29 is 4.79 Å². The lowest BCUT2D eigenvalue weighted by Gasteiger charge is -2.26. The molecular formula is C14H27N3O. The molecule has 0 heterocycles. The van der Waals surface area contributed by atoms with Gasteiger partial charge >= 0.3 is 0 Å². The number of amides is 1. The highest BCUT2D eigenvalue weighted by molar-refractivity contribution is 5.78. The molecule has 3 N–H and O–H groups in total. The number of carbonyl (C=O) groups is 1. The first kappa shape index (κ1) is 13.8. The molecule has 2 fully saturated rings. The van der Waals surface area contributed by atoms with Crippen LogP contribution in [0.5, 0.6) is 0 Å². The second-order valence-corrected chi connectivity index (χ2v) is 5.75. The minimum Gasteiger partial charge on any atom is -0.352 e. The van der Waals surface area contributed by atoms with E-state index in [0.29, 0.717) is 25.2 Å². The normalized spacial score (nSPS) is 21.2. The molecule has 4 nitrogen and oxygen atoms in total. The molecule has 2 aliphatic carbocycles. The summed E-state index contributed by atoms with van der Waals surface area (Å²) < 4.78 is 0. The van der Waals surface area contributed by atoms with Crippen molar-refractivity contribution in [2.24, 2.45) is 5.73 Å². The Balaban J connectivity index is 1.70. The third-order valence-corrected chi connectivity index (χ3v) is 4.03. The van der Waals surface area contributed by atoms with Crippen molar-refractivity contribution in [3.05, 3.63) is 0 Å². The average molecular weight is 253 g/mol. The van der Waals surface area contributed by atoms with Gasteiger partial charge in [0.25, 0.3) is 0 Å². The Morgan fingerprint density at radius 3 is 2.50 bits per heavy atom. The highest BCUT2D eigenvalue weighted by Crippen LogP contribution is 2.26. The van der Waals surface area contributed by atoms with Crippen molar-refractivity contribution in [3.63, 3.8) is 0 Å². The van der Waals surface area contributed by atoms with E-state index in [1.807, 2.05) is 0 Å². The summed E-state index contributed by atoms with van der Waals surface area (Å²) in [6, 6.07) is 1.08. The van der Waals surface area contributed by atoms with Gasteiger partial charge < -0.3 is 11.1 Å². The molecule has 0 bridgehead atoms. The maximum absolute atomic E-state index is 12.0. The highest BCUT2D eigenvalue weighted by atomic mass is 16.2. The third-order valence-electron chi connectivity index (χ3n) is 4.03. The van der Waals surface area contributed by atoms with Crippen LogP contribution in [0.25, 0.3) is 0 Å². The molecule has 0 aromatic carbocycles. The zero-order valence-electron chi connectivity index (χ0n) is 11.4. The van der Waals surface area contributed by atoms with Crippen molar-refractivity contribution in [2.75, 3.05) is 19.6 Å². The van der Waals surface area contributed by atoms with E-state index >= 15 is 0 Å². The lowest BCUT2D eigenvalue weighted by molar-refractivity contribution is -0.123. The molecule has 0 radical (unpaired) electrons. The minimum atomic E-state index is 0.214. The maximum atomic E-state index is 12.0. The molecule has 2 aliphatic rings. The molecule has 0 aliphatic heterocycles. The van der Waals surface area contributed by atoms with Crippen LogP contribution < -0.4 is 11.1 Å². The smallest absolute Gasteiger partial charge is 0.234 e. The molecule has 0 saturated heterocycles. The van der Waals surface area contributed by atoms with Crippen LogP contribution in [0.2, 0.25) is 0 Å². The van der Waals surface area contributed by atoms with E-state index in [2.05, 4.69) is 10.2 Å². The van der Waals surface area contributed by atoms with Gasteiger partial charge in [0.15, 0.2) is 0 Å². The Morgan fingerprint density at radius 1 is 1.17 bits per heavy atom. The maximum Gasteiger partial charge on any atom is 0.234 e. The Bertz CT molecular complexity index is 260. The van der Waals surface area contributed by atoms with Crippen LogP contribution in [-0.2, 0) is 4.79 Å². The second kappa shape index (κ2) is 7.10. The predicted molar refractivity (Wildman–Crippen MR) is 73.3 cm³/mol. The summed E-state index contributed by atoms with van der Waals surface area (Å²) in [4.78, 5) is 14.3. The molecule has 0 aromatic rings. The first-order valence-electron chi connectivity index (χ1n) is 7.53. The standard InChI is InChI=1S/C14H27N3O/c15-9-4-10-17(13-7-8-13)11-14(18)16-12-5-2-1-3-6-12/h12-13H,1-11,15H2,(H,16,18). The summed E-state index contributed by atoms with van der Waals surface area (Å²) in [5.41, 5.74) is 5.55. The highest BCUT2D eigenvalue weighted by Gasteiger charge is 2.30. The van der Waals surface area contributed by atoms with Gasteiger partial charge in [-0.2, -0.15) is 0 Å². The lowest BCUT2D eigenvalue weighted by Crippen LogP contribution is -2.44.